The van der Waals surface area contributed by atoms with Gasteiger partial charge < -0.3 is 20.5 Å². The Morgan fingerprint density at radius 2 is 2.29 bits per heavy atom. The van der Waals surface area contributed by atoms with Crippen LogP contribution in [0.15, 0.2) is 10.6 Å². The van der Waals surface area contributed by atoms with E-state index in [4.69, 9.17) is 10.3 Å². The molecule has 3 N–H and O–H groups in total. The Labute approximate surface area is 123 Å². The summed E-state index contributed by atoms with van der Waals surface area (Å²) in [6.45, 7) is 4.48. The molecule has 0 aliphatic carbocycles. The summed E-state index contributed by atoms with van der Waals surface area (Å²) in [7, 11) is 1.55. The fraction of sp³-hybridized carbons (Fsp3) is 0.643. The van der Waals surface area contributed by atoms with Crippen LogP contribution in [0, 0.1) is 5.92 Å². The largest absolute Gasteiger partial charge is 0.357 e. The Morgan fingerprint density at radius 3 is 2.90 bits per heavy atom. The molecule has 1 aliphatic heterocycles. The summed E-state index contributed by atoms with van der Waals surface area (Å²) in [5.74, 6) is 0.0443. The third-order valence-electron chi connectivity index (χ3n) is 3.53. The quantitative estimate of drug-likeness (QED) is 0.823. The molecule has 2 atom stereocenters. The smallest absolute Gasteiger partial charge is 0.293 e. The van der Waals surface area contributed by atoms with E-state index >= 15 is 0 Å². The van der Waals surface area contributed by atoms with Crippen LogP contribution in [0.4, 0.5) is 0 Å². The molecule has 7 nitrogen and oxygen atoms in total. The molecular weight excluding hydrogens is 272 g/mol. The van der Waals surface area contributed by atoms with E-state index in [2.05, 4.69) is 24.3 Å². The molecule has 0 unspecified atom stereocenters. The minimum absolute atomic E-state index is 0.161. The minimum atomic E-state index is -0.545. The van der Waals surface area contributed by atoms with E-state index in [0.29, 0.717) is 18.9 Å². The Balaban J connectivity index is 2.14. The van der Waals surface area contributed by atoms with Gasteiger partial charge in [-0.2, -0.15) is 0 Å². The second-order valence-electron chi connectivity index (χ2n) is 5.86. The van der Waals surface area contributed by atoms with Crippen molar-refractivity contribution in [1.82, 2.24) is 15.4 Å². The maximum absolute atomic E-state index is 12.5. The molecule has 2 amide bonds. The first-order valence-electron chi connectivity index (χ1n) is 7.16. The summed E-state index contributed by atoms with van der Waals surface area (Å²) in [6, 6.07) is 0.901. The van der Waals surface area contributed by atoms with E-state index in [-0.39, 0.29) is 23.6 Å². The molecule has 0 saturated carbocycles. The van der Waals surface area contributed by atoms with E-state index in [1.807, 2.05) is 0 Å². The maximum Gasteiger partial charge on any atom is 0.293 e. The van der Waals surface area contributed by atoms with Crippen molar-refractivity contribution in [2.75, 3.05) is 13.6 Å². The van der Waals surface area contributed by atoms with Gasteiger partial charge in [0.25, 0.3) is 5.91 Å². The van der Waals surface area contributed by atoms with Crippen LogP contribution >= 0.6 is 0 Å². The standard InChI is InChI=1S/C14H22N4O3/c1-8(2)4-10-6-12(21-17-10)14(20)18-7-9(15)5-11(18)13(19)16-3/h6,8-9,11H,4-5,7,15H2,1-3H3,(H,16,19)/t9-,11-/m0/s1. The Hall–Kier alpha value is -1.89. The Morgan fingerprint density at radius 1 is 1.57 bits per heavy atom. The molecule has 1 fully saturated rings. The zero-order chi connectivity index (χ0) is 15.6. The Bertz CT molecular complexity index is 526. The zero-order valence-electron chi connectivity index (χ0n) is 12.6. The molecule has 0 spiro atoms. The van der Waals surface area contributed by atoms with Crippen LogP contribution in [0.3, 0.4) is 0 Å². The van der Waals surface area contributed by atoms with Gasteiger partial charge in [0.2, 0.25) is 11.7 Å². The van der Waals surface area contributed by atoms with E-state index in [1.165, 1.54) is 4.90 Å². The number of nitrogens with one attached hydrogen (secondary N) is 1. The lowest BCUT2D eigenvalue weighted by Crippen LogP contribution is -2.44. The summed E-state index contributed by atoms with van der Waals surface area (Å²) >= 11 is 0. The number of carbonyl (C=O) groups is 2. The van der Waals surface area contributed by atoms with Crippen LogP contribution in [0.25, 0.3) is 0 Å². The number of hydrogen-bond acceptors (Lipinski definition) is 5. The fourth-order valence-electron chi connectivity index (χ4n) is 2.58. The molecule has 21 heavy (non-hydrogen) atoms. The molecule has 1 aromatic rings. The first kappa shape index (κ1) is 15.5. The van der Waals surface area contributed by atoms with Gasteiger partial charge in [-0.3, -0.25) is 9.59 Å². The molecule has 1 aliphatic rings. The number of likely N-dealkylation sites (tertiary alicyclic amines) is 1. The van der Waals surface area contributed by atoms with Crippen molar-refractivity contribution in [1.29, 1.82) is 0 Å². The number of nitrogens with zero attached hydrogens (tertiary/aromatic N) is 2. The molecule has 0 bridgehead atoms. The third-order valence-corrected chi connectivity index (χ3v) is 3.53. The first-order chi connectivity index (χ1) is 9.92. The predicted molar refractivity (Wildman–Crippen MR) is 76.5 cm³/mol. The van der Waals surface area contributed by atoms with Crippen molar-refractivity contribution in [2.45, 2.75) is 38.8 Å². The van der Waals surface area contributed by atoms with Crippen molar-refractivity contribution >= 4 is 11.8 Å². The van der Waals surface area contributed by atoms with Gasteiger partial charge in [-0.05, 0) is 18.8 Å². The second kappa shape index (κ2) is 6.26. The number of likely N-dealkylation sites (N-methyl/N-ethyl adjacent to an activating group) is 1. The van der Waals surface area contributed by atoms with Crippen molar-refractivity contribution in [3.63, 3.8) is 0 Å². The average Bonchev–Trinajstić information content (AvgIpc) is 3.03. The van der Waals surface area contributed by atoms with Gasteiger partial charge in [0.15, 0.2) is 0 Å². The topological polar surface area (TPSA) is 101 Å². The number of carbonyl (C=O) groups excluding carboxylic acids is 2. The van der Waals surface area contributed by atoms with Crippen molar-refractivity contribution in [3.8, 4) is 0 Å². The van der Waals surface area contributed by atoms with Gasteiger partial charge in [-0.15, -0.1) is 0 Å². The number of amides is 2. The number of rotatable bonds is 4. The van der Waals surface area contributed by atoms with E-state index < -0.39 is 6.04 Å². The van der Waals surface area contributed by atoms with Gasteiger partial charge >= 0.3 is 0 Å². The van der Waals surface area contributed by atoms with Crippen LogP contribution < -0.4 is 11.1 Å². The second-order valence-corrected chi connectivity index (χ2v) is 5.86. The summed E-state index contributed by atoms with van der Waals surface area (Å²) in [4.78, 5) is 25.8. The highest BCUT2D eigenvalue weighted by molar-refractivity contribution is 5.96. The highest BCUT2D eigenvalue weighted by atomic mass is 16.5. The van der Waals surface area contributed by atoms with E-state index in [1.54, 1.807) is 13.1 Å². The molecule has 7 heteroatoms. The van der Waals surface area contributed by atoms with Crippen LogP contribution in [-0.2, 0) is 11.2 Å². The van der Waals surface area contributed by atoms with Crippen LogP contribution in [0.1, 0.15) is 36.5 Å². The van der Waals surface area contributed by atoms with Gasteiger partial charge in [0.05, 0.1) is 5.69 Å². The van der Waals surface area contributed by atoms with E-state index in [0.717, 1.165) is 12.1 Å². The van der Waals surface area contributed by atoms with Crippen molar-refractivity contribution < 1.29 is 14.1 Å². The molecule has 1 aromatic heterocycles. The number of aromatic nitrogens is 1. The molecule has 2 rings (SSSR count). The van der Waals surface area contributed by atoms with Gasteiger partial charge in [0, 0.05) is 25.7 Å². The lowest BCUT2D eigenvalue weighted by atomic mass is 10.1. The van der Waals surface area contributed by atoms with Gasteiger partial charge in [-0.1, -0.05) is 19.0 Å². The SMILES string of the molecule is CNC(=O)[C@@H]1C[C@H](N)CN1C(=O)c1cc(CC(C)C)no1. The minimum Gasteiger partial charge on any atom is -0.357 e. The summed E-state index contributed by atoms with van der Waals surface area (Å²) < 4.78 is 5.12. The van der Waals surface area contributed by atoms with Gasteiger partial charge in [-0.25, -0.2) is 0 Å². The molecule has 0 radical (unpaired) electrons. The maximum atomic E-state index is 12.5. The van der Waals surface area contributed by atoms with Crippen LogP contribution in [0.5, 0.6) is 0 Å². The van der Waals surface area contributed by atoms with Crippen LogP contribution in [0.2, 0.25) is 0 Å². The normalized spacial score (nSPS) is 21.9. The lowest BCUT2D eigenvalue weighted by Gasteiger charge is -2.21. The highest BCUT2D eigenvalue weighted by Crippen LogP contribution is 2.20. The molecule has 1 saturated heterocycles. The zero-order valence-corrected chi connectivity index (χ0v) is 12.6. The number of nitrogens with two attached hydrogens (primary N) is 1. The van der Waals surface area contributed by atoms with Crippen molar-refractivity contribution in [3.05, 3.63) is 17.5 Å². The molecule has 2 heterocycles. The van der Waals surface area contributed by atoms with E-state index in [9.17, 15) is 9.59 Å². The molecular formula is C14H22N4O3. The highest BCUT2D eigenvalue weighted by Gasteiger charge is 2.39. The fourth-order valence-corrected chi connectivity index (χ4v) is 2.58. The Kier molecular flexibility index (Phi) is 4.62. The number of hydrogen-bond donors (Lipinski definition) is 2. The first-order valence-corrected chi connectivity index (χ1v) is 7.16. The molecule has 0 aromatic carbocycles. The summed E-state index contributed by atoms with van der Waals surface area (Å²) in [6.07, 6.45) is 1.20. The monoisotopic (exact) mass is 294 g/mol. The molecule has 116 valence electrons. The van der Waals surface area contributed by atoms with Gasteiger partial charge in [0.1, 0.15) is 6.04 Å². The third kappa shape index (κ3) is 3.41. The summed E-state index contributed by atoms with van der Waals surface area (Å²) in [5, 5.41) is 6.46. The average molecular weight is 294 g/mol. The van der Waals surface area contributed by atoms with Crippen LogP contribution in [-0.4, -0.2) is 47.5 Å². The van der Waals surface area contributed by atoms with Crippen molar-refractivity contribution in [2.24, 2.45) is 11.7 Å². The lowest BCUT2D eigenvalue weighted by molar-refractivity contribution is -0.124. The summed E-state index contributed by atoms with van der Waals surface area (Å²) in [5.41, 5.74) is 6.62. The predicted octanol–water partition coefficient (Wildman–Crippen LogP) is 0.161.